The van der Waals surface area contributed by atoms with Crippen LogP contribution in [0.5, 0.6) is 11.5 Å². The Kier molecular flexibility index (Phi) is 7.69. The average Bonchev–Trinajstić information content (AvgIpc) is 3.41. The molecule has 1 aliphatic heterocycles. The molecule has 162 valence electrons. The Bertz CT molecular complexity index is 881. The Morgan fingerprint density at radius 3 is 2.57 bits per heavy atom. The van der Waals surface area contributed by atoms with Gasteiger partial charge in [-0.2, -0.15) is 0 Å². The molecule has 0 spiro atoms. The number of halogens is 1. The molecular weight excluding hydrogens is 491 g/mol. The van der Waals surface area contributed by atoms with Crippen LogP contribution in [0.2, 0.25) is 0 Å². The molecule has 0 bridgehead atoms. The molecule has 1 unspecified atom stereocenters. The predicted molar refractivity (Wildman–Crippen MR) is 134 cm³/mol. The number of anilines is 2. The number of benzene rings is 2. The molecule has 4 rings (SSSR count). The first-order chi connectivity index (χ1) is 14.1. The highest BCUT2D eigenvalue weighted by Crippen LogP contribution is 2.31. The van der Waals surface area contributed by atoms with Crippen molar-refractivity contribution in [3.05, 3.63) is 47.5 Å². The first-order valence-electron chi connectivity index (χ1n) is 10.3. The topological polar surface area (TPSA) is 72.1 Å². The summed E-state index contributed by atoms with van der Waals surface area (Å²) in [5, 5.41) is 3.25. The van der Waals surface area contributed by atoms with Crippen LogP contribution in [0.15, 0.2) is 41.4 Å². The van der Waals surface area contributed by atoms with E-state index in [-0.39, 0.29) is 24.0 Å². The highest BCUT2D eigenvalue weighted by molar-refractivity contribution is 14.0. The van der Waals surface area contributed by atoms with E-state index in [0.29, 0.717) is 11.9 Å². The minimum atomic E-state index is 0. The summed E-state index contributed by atoms with van der Waals surface area (Å²) in [5.74, 6) is 2.59. The Morgan fingerprint density at radius 1 is 1.10 bits per heavy atom. The first-order valence-corrected chi connectivity index (χ1v) is 10.3. The van der Waals surface area contributed by atoms with E-state index in [1.54, 1.807) is 14.2 Å². The molecule has 0 amide bonds. The summed E-state index contributed by atoms with van der Waals surface area (Å²) in [5.41, 5.74) is 11.2. The number of aryl methyl sites for hydroxylation is 2. The van der Waals surface area contributed by atoms with Crippen LogP contribution in [0.4, 0.5) is 11.4 Å². The van der Waals surface area contributed by atoms with Gasteiger partial charge in [0, 0.05) is 49.2 Å². The van der Waals surface area contributed by atoms with Crippen molar-refractivity contribution in [2.24, 2.45) is 16.6 Å². The van der Waals surface area contributed by atoms with E-state index in [1.165, 1.54) is 24.0 Å². The number of hydrogen-bond acceptors (Lipinski definition) is 4. The highest BCUT2D eigenvalue weighted by Gasteiger charge is 2.23. The van der Waals surface area contributed by atoms with Crippen molar-refractivity contribution in [2.75, 3.05) is 44.1 Å². The lowest BCUT2D eigenvalue weighted by Gasteiger charge is -2.20. The zero-order valence-electron chi connectivity index (χ0n) is 17.7. The molecule has 2 aromatic carbocycles. The lowest BCUT2D eigenvalue weighted by molar-refractivity contribution is 0.394. The van der Waals surface area contributed by atoms with E-state index in [2.05, 4.69) is 45.5 Å². The predicted octanol–water partition coefficient (Wildman–Crippen LogP) is 4.06. The SMILES string of the molecule is COc1cc(OC)cc(N2CCC(CN=C(N)Nc3ccc4c(c3)CCC4)C2)c1.I. The number of fused-ring (bicyclic) bond motifs is 1. The fourth-order valence-corrected chi connectivity index (χ4v) is 4.26. The summed E-state index contributed by atoms with van der Waals surface area (Å²) in [6.07, 6.45) is 4.69. The standard InChI is InChI=1S/C23H30N4O2.HI/c1-28-21-11-20(12-22(13-21)29-2)27-9-8-16(15-27)14-25-23(24)26-19-7-6-17-4-3-5-18(17)10-19;/h6-7,10-13,16H,3-5,8-9,14-15H2,1-2H3,(H3,24,25,26);1H. The second-order valence-corrected chi connectivity index (χ2v) is 7.86. The maximum Gasteiger partial charge on any atom is 0.193 e. The summed E-state index contributed by atoms with van der Waals surface area (Å²) in [6, 6.07) is 12.5. The van der Waals surface area contributed by atoms with Crippen LogP contribution >= 0.6 is 24.0 Å². The summed E-state index contributed by atoms with van der Waals surface area (Å²) < 4.78 is 10.8. The fourth-order valence-electron chi connectivity index (χ4n) is 4.26. The van der Waals surface area contributed by atoms with E-state index in [1.807, 2.05) is 6.07 Å². The molecule has 3 N–H and O–H groups in total. The van der Waals surface area contributed by atoms with Crippen molar-refractivity contribution >= 4 is 41.3 Å². The van der Waals surface area contributed by atoms with Crippen molar-refractivity contribution in [1.29, 1.82) is 0 Å². The van der Waals surface area contributed by atoms with E-state index < -0.39 is 0 Å². The molecule has 6 nitrogen and oxygen atoms in total. The fraction of sp³-hybridized carbons (Fsp3) is 0.435. The number of nitrogens with zero attached hydrogens (tertiary/aromatic N) is 2. The third-order valence-electron chi connectivity index (χ3n) is 5.88. The highest BCUT2D eigenvalue weighted by atomic mass is 127. The van der Waals surface area contributed by atoms with Crippen molar-refractivity contribution in [3.8, 4) is 11.5 Å². The first kappa shape index (κ1) is 22.5. The molecule has 0 aromatic heterocycles. The molecule has 1 heterocycles. The van der Waals surface area contributed by atoms with Crippen molar-refractivity contribution in [2.45, 2.75) is 25.7 Å². The van der Waals surface area contributed by atoms with Gasteiger partial charge in [0.15, 0.2) is 5.96 Å². The van der Waals surface area contributed by atoms with Gasteiger partial charge in [-0.3, -0.25) is 4.99 Å². The van der Waals surface area contributed by atoms with Gasteiger partial charge in [0.2, 0.25) is 0 Å². The van der Waals surface area contributed by atoms with E-state index in [0.717, 1.165) is 55.3 Å². The lowest BCUT2D eigenvalue weighted by atomic mass is 10.1. The number of nitrogens with one attached hydrogen (secondary N) is 1. The molecule has 1 aliphatic carbocycles. The molecule has 0 saturated carbocycles. The zero-order chi connectivity index (χ0) is 20.2. The Labute approximate surface area is 195 Å². The quantitative estimate of drug-likeness (QED) is 0.340. The summed E-state index contributed by atoms with van der Waals surface area (Å²) in [6.45, 7) is 2.67. The molecule has 1 saturated heterocycles. The number of ether oxygens (including phenoxy) is 2. The minimum absolute atomic E-state index is 0. The summed E-state index contributed by atoms with van der Waals surface area (Å²) in [4.78, 5) is 6.95. The van der Waals surface area contributed by atoms with Crippen LogP contribution in [0.1, 0.15) is 24.0 Å². The number of rotatable bonds is 6. The van der Waals surface area contributed by atoms with Crippen LogP contribution < -0.4 is 25.4 Å². The number of aliphatic imine (C=N–C) groups is 1. The van der Waals surface area contributed by atoms with Crippen LogP contribution in [0.3, 0.4) is 0 Å². The van der Waals surface area contributed by atoms with Gasteiger partial charge < -0.3 is 25.4 Å². The maximum absolute atomic E-state index is 6.14. The minimum Gasteiger partial charge on any atom is -0.497 e. The van der Waals surface area contributed by atoms with Crippen LogP contribution in [-0.4, -0.2) is 39.8 Å². The number of methoxy groups -OCH3 is 2. The second kappa shape index (κ2) is 10.2. The van der Waals surface area contributed by atoms with Gasteiger partial charge in [-0.05, 0) is 54.9 Å². The number of guanidine groups is 1. The van der Waals surface area contributed by atoms with E-state index >= 15 is 0 Å². The van der Waals surface area contributed by atoms with Gasteiger partial charge in [-0.25, -0.2) is 0 Å². The number of nitrogens with two attached hydrogens (primary N) is 1. The summed E-state index contributed by atoms with van der Waals surface area (Å²) >= 11 is 0. The Morgan fingerprint density at radius 2 is 1.83 bits per heavy atom. The van der Waals surface area contributed by atoms with Gasteiger partial charge >= 0.3 is 0 Å². The Hall–Kier alpha value is -2.16. The molecule has 2 aromatic rings. The van der Waals surface area contributed by atoms with Gasteiger partial charge in [-0.15, -0.1) is 24.0 Å². The monoisotopic (exact) mass is 522 g/mol. The van der Waals surface area contributed by atoms with Gasteiger partial charge in [-0.1, -0.05) is 6.07 Å². The molecule has 1 atom stereocenters. The smallest absolute Gasteiger partial charge is 0.193 e. The maximum atomic E-state index is 6.14. The number of hydrogen-bond donors (Lipinski definition) is 2. The van der Waals surface area contributed by atoms with Crippen LogP contribution in [-0.2, 0) is 12.8 Å². The van der Waals surface area contributed by atoms with Gasteiger partial charge in [0.25, 0.3) is 0 Å². The van der Waals surface area contributed by atoms with Crippen LogP contribution in [0, 0.1) is 5.92 Å². The van der Waals surface area contributed by atoms with Crippen molar-refractivity contribution in [1.82, 2.24) is 0 Å². The van der Waals surface area contributed by atoms with Crippen molar-refractivity contribution < 1.29 is 9.47 Å². The molecule has 2 aliphatic rings. The molecular formula is C23H31IN4O2. The van der Waals surface area contributed by atoms with Crippen LogP contribution in [0.25, 0.3) is 0 Å². The molecule has 7 heteroatoms. The Balaban J connectivity index is 0.00000256. The average molecular weight is 522 g/mol. The zero-order valence-corrected chi connectivity index (χ0v) is 20.0. The third kappa shape index (κ3) is 5.30. The molecule has 30 heavy (non-hydrogen) atoms. The van der Waals surface area contributed by atoms with Gasteiger partial charge in [0.05, 0.1) is 14.2 Å². The third-order valence-corrected chi connectivity index (χ3v) is 5.88. The molecule has 1 fully saturated rings. The van der Waals surface area contributed by atoms with Crippen molar-refractivity contribution in [3.63, 3.8) is 0 Å². The van der Waals surface area contributed by atoms with Gasteiger partial charge in [0.1, 0.15) is 11.5 Å². The van der Waals surface area contributed by atoms with E-state index in [4.69, 9.17) is 15.2 Å². The second-order valence-electron chi connectivity index (χ2n) is 7.86. The van der Waals surface area contributed by atoms with E-state index in [9.17, 15) is 0 Å². The largest absolute Gasteiger partial charge is 0.497 e. The molecule has 0 radical (unpaired) electrons. The lowest BCUT2D eigenvalue weighted by Crippen LogP contribution is -2.25. The normalized spacial score (nSPS) is 18.0. The summed E-state index contributed by atoms with van der Waals surface area (Å²) in [7, 11) is 3.35.